The first-order valence-electron chi connectivity index (χ1n) is 10.5. The molecule has 28 heavy (non-hydrogen) atoms. The van der Waals surface area contributed by atoms with Crippen molar-refractivity contribution in [2.75, 3.05) is 26.8 Å². The number of epoxide rings is 2. The molecule has 7 heteroatoms. The summed E-state index contributed by atoms with van der Waals surface area (Å²) in [6.07, 6.45) is 4.73. The number of nitrogens with zero attached hydrogens (tertiary/aromatic N) is 1. The van der Waals surface area contributed by atoms with Crippen LogP contribution in [0.25, 0.3) is 0 Å². The Bertz CT molecular complexity index is 641. The minimum atomic E-state index is -0.310. The first-order valence-corrected chi connectivity index (χ1v) is 10.5. The standard InChI is InChI=1S/C21H32BNO5/c1-13(2)5-6-16-20(3,28-16)18-17(25-4)15(7-8-21(18)12-26-21)27-19(24)23-10-14(9-22)11-23/h5,14-18H,6-12H2,1-4H3. The summed E-state index contributed by atoms with van der Waals surface area (Å²) < 4.78 is 24.0. The number of likely N-dealkylation sites (tertiary alicyclic amines) is 1. The van der Waals surface area contributed by atoms with Crippen LogP contribution in [-0.2, 0) is 18.9 Å². The van der Waals surface area contributed by atoms with Gasteiger partial charge in [0.15, 0.2) is 0 Å². The quantitative estimate of drug-likeness (QED) is 0.397. The SMILES string of the molecule is [B]CC1CN(C(=O)OC2CCC3(CO3)C(C3(C)OC3CC=C(C)C)C2OC)C1. The van der Waals surface area contributed by atoms with E-state index in [0.29, 0.717) is 25.3 Å². The Balaban J connectivity index is 1.45. The predicted molar refractivity (Wildman–Crippen MR) is 105 cm³/mol. The van der Waals surface area contributed by atoms with Crippen LogP contribution in [0, 0.1) is 11.8 Å². The molecule has 154 valence electrons. The molecule has 0 aromatic carbocycles. The fraction of sp³-hybridized carbons (Fsp3) is 0.857. The molecule has 0 aromatic rings. The number of hydrogen-bond acceptors (Lipinski definition) is 5. The van der Waals surface area contributed by atoms with Gasteiger partial charge in [-0.1, -0.05) is 18.0 Å². The molecular weight excluding hydrogens is 357 g/mol. The number of hydrogen-bond donors (Lipinski definition) is 0. The second-order valence-electron chi connectivity index (χ2n) is 9.31. The van der Waals surface area contributed by atoms with Crippen molar-refractivity contribution in [3.63, 3.8) is 0 Å². The summed E-state index contributed by atoms with van der Waals surface area (Å²) in [5, 5.41) is 0. The maximum Gasteiger partial charge on any atom is 0.410 e. The molecule has 4 aliphatic rings. The highest BCUT2D eigenvalue weighted by Crippen LogP contribution is 2.59. The van der Waals surface area contributed by atoms with Crippen molar-refractivity contribution in [3.8, 4) is 0 Å². The first-order chi connectivity index (χ1) is 13.3. The van der Waals surface area contributed by atoms with Gasteiger partial charge in [-0.15, -0.1) is 0 Å². The van der Waals surface area contributed by atoms with E-state index in [1.165, 1.54) is 5.57 Å². The average molecular weight is 389 g/mol. The van der Waals surface area contributed by atoms with Gasteiger partial charge in [-0.2, -0.15) is 0 Å². The average Bonchev–Trinajstić information content (AvgIpc) is 3.51. The molecular formula is C21H32BNO5. The highest BCUT2D eigenvalue weighted by molar-refractivity contribution is 6.08. The van der Waals surface area contributed by atoms with Gasteiger partial charge in [-0.05, 0) is 46.0 Å². The van der Waals surface area contributed by atoms with Crippen LogP contribution in [0.2, 0.25) is 6.32 Å². The van der Waals surface area contributed by atoms with E-state index in [0.717, 1.165) is 25.9 Å². The molecule has 1 spiro atoms. The molecule has 0 N–H and O–H groups in total. The molecule has 3 saturated heterocycles. The maximum atomic E-state index is 12.5. The minimum absolute atomic E-state index is 0.0558. The van der Waals surface area contributed by atoms with Gasteiger partial charge in [-0.3, -0.25) is 0 Å². The van der Waals surface area contributed by atoms with Crippen molar-refractivity contribution in [2.24, 2.45) is 11.8 Å². The Kier molecular flexibility index (Phi) is 5.30. The van der Waals surface area contributed by atoms with Crippen LogP contribution in [-0.4, -0.2) is 75.2 Å². The van der Waals surface area contributed by atoms with Gasteiger partial charge in [-0.25, -0.2) is 4.79 Å². The molecule has 1 amide bonds. The van der Waals surface area contributed by atoms with E-state index < -0.39 is 0 Å². The molecule has 4 fully saturated rings. The predicted octanol–water partition coefficient (Wildman–Crippen LogP) is 2.72. The van der Waals surface area contributed by atoms with E-state index >= 15 is 0 Å². The number of rotatable bonds is 6. The van der Waals surface area contributed by atoms with Gasteiger partial charge >= 0.3 is 6.09 Å². The number of carbonyl (C=O) groups is 1. The van der Waals surface area contributed by atoms with Gasteiger partial charge in [0.1, 0.15) is 23.4 Å². The Hall–Kier alpha value is -1.05. The monoisotopic (exact) mass is 389 g/mol. The second kappa shape index (κ2) is 7.33. The lowest BCUT2D eigenvalue weighted by Crippen LogP contribution is -2.57. The fourth-order valence-electron chi connectivity index (χ4n) is 5.14. The molecule has 0 bridgehead atoms. The van der Waals surface area contributed by atoms with E-state index in [4.69, 9.17) is 26.8 Å². The number of amides is 1. The van der Waals surface area contributed by atoms with E-state index in [1.54, 1.807) is 12.0 Å². The lowest BCUT2D eigenvalue weighted by Gasteiger charge is -2.44. The smallest absolute Gasteiger partial charge is 0.410 e. The van der Waals surface area contributed by atoms with Crippen molar-refractivity contribution in [2.45, 2.75) is 75.9 Å². The Labute approximate surface area is 169 Å². The summed E-state index contributed by atoms with van der Waals surface area (Å²) in [5.41, 5.74) is 0.786. The zero-order chi connectivity index (χ0) is 20.1. The Morgan fingerprint density at radius 3 is 2.64 bits per heavy atom. The topological polar surface area (TPSA) is 63.8 Å². The largest absolute Gasteiger partial charge is 0.443 e. The summed E-state index contributed by atoms with van der Waals surface area (Å²) in [6.45, 7) is 8.46. The van der Waals surface area contributed by atoms with Crippen molar-refractivity contribution < 1.29 is 23.7 Å². The zero-order valence-electron chi connectivity index (χ0n) is 17.5. The Morgan fingerprint density at radius 2 is 2.07 bits per heavy atom. The van der Waals surface area contributed by atoms with Crippen LogP contribution in [0.3, 0.4) is 0 Å². The van der Waals surface area contributed by atoms with Crippen molar-refractivity contribution in [3.05, 3.63) is 11.6 Å². The van der Waals surface area contributed by atoms with Crippen molar-refractivity contribution >= 4 is 13.9 Å². The molecule has 1 aliphatic carbocycles. The summed E-state index contributed by atoms with van der Waals surface area (Å²) in [5.74, 6) is 0.447. The summed E-state index contributed by atoms with van der Waals surface area (Å²) >= 11 is 0. The third-order valence-electron chi connectivity index (χ3n) is 7.04. The van der Waals surface area contributed by atoms with Gasteiger partial charge < -0.3 is 23.8 Å². The van der Waals surface area contributed by atoms with Crippen molar-refractivity contribution in [1.82, 2.24) is 4.90 Å². The van der Waals surface area contributed by atoms with Crippen LogP contribution in [0.4, 0.5) is 4.79 Å². The number of methoxy groups -OCH3 is 1. The second-order valence-corrected chi connectivity index (χ2v) is 9.31. The molecule has 6 atom stereocenters. The van der Waals surface area contributed by atoms with Gasteiger partial charge in [0.05, 0.1) is 26.5 Å². The Morgan fingerprint density at radius 1 is 1.36 bits per heavy atom. The molecule has 1 saturated carbocycles. The van der Waals surface area contributed by atoms with Gasteiger partial charge in [0.2, 0.25) is 0 Å². The summed E-state index contributed by atoms with van der Waals surface area (Å²) in [6, 6.07) is 0. The maximum absolute atomic E-state index is 12.5. The first kappa shape index (κ1) is 20.2. The van der Waals surface area contributed by atoms with Gasteiger partial charge in [0, 0.05) is 20.2 Å². The number of carbonyl (C=O) groups excluding carboxylic acids is 1. The zero-order valence-corrected chi connectivity index (χ0v) is 17.5. The van der Waals surface area contributed by atoms with Crippen molar-refractivity contribution in [1.29, 1.82) is 0 Å². The number of ether oxygens (including phenoxy) is 4. The lowest BCUT2D eigenvalue weighted by atomic mass is 9.68. The highest BCUT2D eigenvalue weighted by Gasteiger charge is 2.72. The van der Waals surface area contributed by atoms with Crippen LogP contribution >= 0.6 is 0 Å². The van der Waals surface area contributed by atoms with Crippen LogP contribution in [0.1, 0.15) is 40.0 Å². The lowest BCUT2D eigenvalue weighted by molar-refractivity contribution is -0.124. The summed E-state index contributed by atoms with van der Waals surface area (Å²) in [7, 11) is 7.36. The molecule has 4 rings (SSSR count). The molecule has 3 aliphatic heterocycles. The normalized spacial score (nSPS) is 42.1. The van der Waals surface area contributed by atoms with Crippen LogP contribution in [0.5, 0.6) is 0 Å². The minimum Gasteiger partial charge on any atom is -0.443 e. The number of allylic oxidation sites excluding steroid dienone is 1. The fourth-order valence-corrected chi connectivity index (χ4v) is 5.14. The molecule has 3 heterocycles. The summed E-state index contributed by atoms with van der Waals surface area (Å²) in [4.78, 5) is 14.3. The molecule has 6 nitrogen and oxygen atoms in total. The van der Waals surface area contributed by atoms with Gasteiger partial charge in [0.25, 0.3) is 0 Å². The molecule has 0 aromatic heterocycles. The van der Waals surface area contributed by atoms with E-state index in [-0.39, 0.29) is 41.5 Å². The molecule has 6 unspecified atom stereocenters. The van der Waals surface area contributed by atoms with E-state index in [9.17, 15) is 4.79 Å². The third kappa shape index (κ3) is 3.50. The van der Waals surface area contributed by atoms with E-state index in [1.807, 2.05) is 0 Å². The molecule has 2 radical (unpaired) electrons. The van der Waals surface area contributed by atoms with Crippen LogP contribution in [0.15, 0.2) is 11.6 Å². The van der Waals surface area contributed by atoms with Crippen LogP contribution < -0.4 is 0 Å². The third-order valence-corrected chi connectivity index (χ3v) is 7.04. The highest BCUT2D eigenvalue weighted by atomic mass is 16.6. The van der Waals surface area contributed by atoms with E-state index in [2.05, 4.69) is 26.8 Å².